The van der Waals surface area contributed by atoms with Gasteiger partial charge in [0, 0.05) is 31.6 Å². The fourth-order valence-corrected chi connectivity index (χ4v) is 3.97. The minimum Gasteiger partial charge on any atom is -0.496 e. The number of rotatable bonds is 8. The molecule has 2 aromatic rings. The average Bonchev–Trinajstić information content (AvgIpc) is 2.65. The Labute approximate surface area is 160 Å². The van der Waals surface area contributed by atoms with Crippen LogP contribution in [0.15, 0.2) is 52.3 Å². The number of nitrogens with zero attached hydrogens (tertiary/aromatic N) is 1. The average molecular weight is 395 g/mol. The summed E-state index contributed by atoms with van der Waals surface area (Å²) in [5.74, 6) is 0.877. The molecule has 0 saturated carbocycles. The Kier molecular flexibility index (Phi) is 7.11. The predicted octanol–water partition coefficient (Wildman–Crippen LogP) is 3.52. The maximum atomic E-state index is 12.1. The largest absolute Gasteiger partial charge is 0.496 e. The zero-order valence-corrected chi connectivity index (χ0v) is 17.4. The summed E-state index contributed by atoms with van der Waals surface area (Å²) in [5.41, 5.74) is 2.17. The molecular formula is C19H26N2O3S2. The first-order valence-corrected chi connectivity index (χ1v) is 10.9. The Bertz CT molecular complexity index is 834. The fourth-order valence-electron chi connectivity index (χ4n) is 2.52. The third kappa shape index (κ3) is 4.79. The van der Waals surface area contributed by atoms with Crippen LogP contribution in [0.25, 0.3) is 0 Å². The van der Waals surface area contributed by atoms with Crippen molar-refractivity contribution in [1.82, 2.24) is 9.62 Å². The second kappa shape index (κ2) is 8.90. The van der Waals surface area contributed by atoms with Gasteiger partial charge >= 0.3 is 0 Å². The second-order valence-corrected chi connectivity index (χ2v) is 9.15. The zero-order valence-electron chi connectivity index (χ0n) is 15.8. The zero-order chi connectivity index (χ0) is 19.3. The van der Waals surface area contributed by atoms with Crippen LogP contribution in [-0.2, 0) is 16.6 Å². The SMILES string of the molecule is COc1cc(CNC(C)c2ccc(S(=O)(=O)N(C)C)cc2)ccc1SC. The molecule has 0 radical (unpaired) electrons. The van der Waals surface area contributed by atoms with Crippen molar-refractivity contribution in [3.05, 3.63) is 53.6 Å². The lowest BCUT2D eigenvalue weighted by Gasteiger charge is -2.17. The molecule has 0 aromatic heterocycles. The van der Waals surface area contributed by atoms with Crippen molar-refractivity contribution in [3.63, 3.8) is 0 Å². The van der Waals surface area contributed by atoms with Gasteiger partial charge in [-0.1, -0.05) is 18.2 Å². The molecule has 0 fully saturated rings. The summed E-state index contributed by atoms with van der Waals surface area (Å²) in [6.07, 6.45) is 2.03. The van der Waals surface area contributed by atoms with Crippen molar-refractivity contribution < 1.29 is 13.2 Å². The molecule has 2 aromatic carbocycles. The maximum absolute atomic E-state index is 12.1. The van der Waals surface area contributed by atoms with Crippen LogP contribution in [0.5, 0.6) is 5.75 Å². The molecule has 0 saturated heterocycles. The second-order valence-electron chi connectivity index (χ2n) is 6.15. The molecule has 0 amide bonds. The van der Waals surface area contributed by atoms with Crippen molar-refractivity contribution in [2.45, 2.75) is 29.3 Å². The summed E-state index contributed by atoms with van der Waals surface area (Å²) in [4.78, 5) is 1.41. The molecule has 1 N–H and O–H groups in total. The van der Waals surface area contributed by atoms with Gasteiger partial charge < -0.3 is 10.1 Å². The van der Waals surface area contributed by atoms with Gasteiger partial charge in [-0.2, -0.15) is 0 Å². The number of sulfonamides is 1. The van der Waals surface area contributed by atoms with Gasteiger partial charge in [0.25, 0.3) is 0 Å². The Morgan fingerprint density at radius 3 is 2.35 bits per heavy atom. The van der Waals surface area contributed by atoms with Crippen LogP contribution in [0.4, 0.5) is 0 Å². The van der Waals surface area contributed by atoms with Gasteiger partial charge in [0.1, 0.15) is 5.75 Å². The molecule has 0 aliphatic heterocycles. The first kappa shape index (κ1) is 20.8. The van der Waals surface area contributed by atoms with Crippen molar-refractivity contribution >= 4 is 21.8 Å². The smallest absolute Gasteiger partial charge is 0.242 e. The number of nitrogens with one attached hydrogen (secondary N) is 1. The van der Waals surface area contributed by atoms with Gasteiger partial charge in [-0.05, 0) is 48.6 Å². The van der Waals surface area contributed by atoms with E-state index in [2.05, 4.69) is 24.4 Å². The minimum atomic E-state index is -3.39. The number of methoxy groups -OCH3 is 1. The number of ether oxygens (including phenoxy) is 1. The van der Waals surface area contributed by atoms with Crippen molar-refractivity contribution in [3.8, 4) is 5.75 Å². The monoisotopic (exact) mass is 394 g/mol. The molecule has 2 rings (SSSR count). The molecule has 26 heavy (non-hydrogen) atoms. The third-order valence-corrected chi connectivity index (χ3v) is 6.83. The highest BCUT2D eigenvalue weighted by Gasteiger charge is 2.17. The van der Waals surface area contributed by atoms with E-state index in [0.717, 1.165) is 21.8 Å². The summed E-state index contributed by atoms with van der Waals surface area (Å²) in [7, 11) is 1.35. The molecule has 0 bridgehead atoms. The van der Waals surface area contributed by atoms with E-state index in [9.17, 15) is 8.42 Å². The van der Waals surface area contributed by atoms with Gasteiger partial charge in [0.15, 0.2) is 0 Å². The normalized spacial score (nSPS) is 13.0. The lowest BCUT2D eigenvalue weighted by molar-refractivity contribution is 0.404. The van der Waals surface area contributed by atoms with E-state index < -0.39 is 10.0 Å². The van der Waals surface area contributed by atoms with E-state index in [1.54, 1.807) is 31.0 Å². The van der Waals surface area contributed by atoms with Crippen LogP contribution in [-0.4, -0.2) is 40.2 Å². The molecular weight excluding hydrogens is 368 g/mol. The summed E-state index contributed by atoms with van der Waals surface area (Å²) in [6, 6.07) is 13.3. The Morgan fingerprint density at radius 1 is 1.15 bits per heavy atom. The van der Waals surface area contributed by atoms with Crippen LogP contribution in [0.1, 0.15) is 24.1 Å². The molecule has 142 valence electrons. The molecule has 7 heteroatoms. The quantitative estimate of drug-likeness (QED) is 0.694. The van der Waals surface area contributed by atoms with E-state index in [1.807, 2.05) is 24.5 Å². The fraction of sp³-hybridized carbons (Fsp3) is 0.368. The molecule has 1 unspecified atom stereocenters. The highest BCUT2D eigenvalue weighted by Crippen LogP contribution is 2.28. The lowest BCUT2D eigenvalue weighted by Crippen LogP contribution is -2.22. The molecule has 0 spiro atoms. The Hall–Kier alpha value is -1.54. The van der Waals surface area contributed by atoms with Crippen LogP contribution >= 0.6 is 11.8 Å². The molecule has 0 aliphatic carbocycles. The predicted molar refractivity (Wildman–Crippen MR) is 107 cm³/mol. The molecule has 0 heterocycles. The Morgan fingerprint density at radius 2 is 1.81 bits per heavy atom. The number of thioether (sulfide) groups is 1. The van der Waals surface area contributed by atoms with Gasteiger partial charge in [-0.15, -0.1) is 11.8 Å². The highest BCUT2D eigenvalue weighted by atomic mass is 32.2. The van der Waals surface area contributed by atoms with Crippen LogP contribution in [0, 0.1) is 0 Å². The summed E-state index contributed by atoms with van der Waals surface area (Å²) < 4.78 is 30.9. The van der Waals surface area contributed by atoms with Crippen molar-refractivity contribution in [2.24, 2.45) is 0 Å². The van der Waals surface area contributed by atoms with Crippen LogP contribution in [0.3, 0.4) is 0 Å². The number of hydrogen-bond acceptors (Lipinski definition) is 5. The molecule has 0 aliphatic rings. The van der Waals surface area contributed by atoms with Crippen molar-refractivity contribution in [1.29, 1.82) is 0 Å². The number of benzene rings is 2. The van der Waals surface area contributed by atoms with Gasteiger partial charge in [-0.3, -0.25) is 0 Å². The molecule has 5 nitrogen and oxygen atoms in total. The summed E-state index contributed by atoms with van der Waals surface area (Å²) in [6.45, 7) is 2.76. The third-order valence-electron chi connectivity index (χ3n) is 4.22. The van der Waals surface area contributed by atoms with Gasteiger partial charge in [-0.25, -0.2) is 12.7 Å². The summed E-state index contributed by atoms with van der Waals surface area (Å²) in [5, 5.41) is 3.46. The first-order chi connectivity index (χ1) is 12.3. The van der Waals surface area contributed by atoms with Crippen LogP contribution in [0.2, 0.25) is 0 Å². The topological polar surface area (TPSA) is 58.6 Å². The van der Waals surface area contributed by atoms with Gasteiger partial charge in [0.05, 0.1) is 12.0 Å². The highest BCUT2D eigenvalue weighted by molar-refractivity contribution is 7.98. The van der Waals surface area contributed by atoms with Crippen LogP contribution < -0.4 is 10.1 Å². The van der Waals surface area contributed by atoms with E-state index in [1.165, 1.54) is 18.4 Å². The van der Waals surface area contributed by atoms with E-state index >= 15 is 0 Å². The lowest BCUT2D eigenvalue weighted by atomic mass is 10.1. The first-order valence-electron chi connectivity index (χ1n) is 8.26. The van der Waals surface area contributed by atoms with E-state index in [4.69, 9.17) is 4.74 Å². The number of hydrogen-bond donors (Lipinski definition) is 1. The minimum absolute atomic E-state index is 0.0948. The van der Waals surface area contributed by atoms with Gasteiger partial charge in [0.2, 0.25) is 10.0 Å². The Balaban J connectivity index is 2.05. The van der Waals surface area contributed by atoms with E-state index in [-0.39, 0.29) is 6.04 Å². The summed E-state index contributed by atoms with van der Waals surface area (Å²) >= 11 is 1.66. The maximum Gasteiger partial charge on any atom is 0.242 e. The van der Waals surface area contributed by atoms with E-state index in [0.29, 0.717) is 11.4 Å². The van der Waals surface area contributed by atoms with Crippen molar-refractivity contribution in [2.75, 3.05) is 27.5 Å². The molecule has 1 atom stereocenters. The standard InChI is InChI=1S/C19H26N2O3S2/c1-14(16-7-9-17(10-8-16)26(22,23)21(2)3)20-13-15-6-11-19(25-5)18(12-15)24-4/h6-12,14,20H,13H2,1-5H3.